The average Bonchev–Trinajstić information content (AvgIpc) is 3.16. The number of anilines is 1. The maximum Gasteiger partial charge on any atom is 0.304 e. The number of nitrogens with zero attached hydrogens (tertiary/aromatic N) is 4. The molecule has 0 bridgehead atoms. The van der Waals surface area contributed by atoms with Gasteiger partial charge in [-0.1, -0.05) is 43.3 Å². The van der Waals surface area contributed by atoms with Gasteiger partial charge in [0, 0.05) is 18.3 Å². The van der Waals surface area contributed by atoms with Crippen molar-refractivity contribution in [1.82, 2.24) is 19.5 Å². The summed E-state index contributed by atoms with van der Waals surface area (Å²) in [6.45, 7) is 2.69. The summed E-state index contributed by atoms with van der Waals surface area (Å²) in [5.74, 6) is 0.574. The van der Waals surface area contributed by atoms with Crippen molar-refractivity contribution in [2.75, 3.05) is 12.4 Å². The molecular formula is C22H22N6O2. The van der Waals surface area contributed by atoms with E-state index in [-0.39, 0.29) is 6.01 Å². The van der Waals surface area contributed by atoms with Crippen molar-refractivity contribution >= 4 is 22.8 Å². The number of carbonyl (C=O) groups excluding carboxylic acids is 1. The molecule has 2 aromatic carbocycles. The molecule has 1 amide bonds. The van der Waals surface area contributed by atoms with E-state index < -0.39 is 5.91 Å². The first-order valence-electron chi connectivity index (χ1n) is 9.61. The molecule has 4 rings (SSSR count). The lowest BCUT2D eigenvalue weighted by molar-refractivity contribution is 0.100. The molecule has 8 heteroatoms. The number of rotatable bonds is 7. The third kappa shape index (κ3) is 3.55. The Balaban J connectivity index is 1.80. The molecule has 0 aliphatic heterocycles. The van der Waals surface area contributed by atoms with E-state index in [9.17, 15) is 4.79 Å². The van der Waals surface area contributed by atoms with Gasteiger partial charge in [-0.05, 0) is 24.1 Å². The van der Waals surface area contributed by atoms with Crippen molar-refractivity contribution < 1.29 is 9.53 Å². The van der Waals surface area contributed by atoms with Crippen molar-refractivity contribution in [1.29, 1.82) is 0 Å². The lowest BCUT2D eigenvalue weighted by Gasteiger charge is -2.13. The molecule has 0 aliphatic rings. The largest absolute Gasteiger partial charge is 0.468 e. The molecule has 0 radical (unpaired) electrons. The highest BCUT2D eigenvalue weighted by molar-refractivity contribution is 6.04. The number of ether oxygens (including phenoxy) is 1. The smallest absolute Gasteiger partial charge is 0.304 e. The molecule has 0 unspecified atom stereocenters. The van der Waals surface area contributed by atoms with Gasteiger partial charge >= 0.3 is 6.01 Å². The number of imidazole rings is 1. The maximum absolute atomic E-state index is 11.8. The summed E-state index contributed by atoms with van der Waals surface area (Å²) in [6.07, 6.45) is 2.57. The molecule has 30 heavy (non-hydrogen) atoms. The molecule has 0 atom stereocenters. The molecule has 2 aromatic heterocycles. The van der Waals surface area contributed by atoms with E-state index in [1.54, 1.807) is 22.9 Å². The Kier molecular flexibility index (Phi) is 5.30. The van der Waals surface area contributed by atoms with Gasteiger partial charge in [-0.15, -0.1) is 0 Å². The van der Waals surface area contributed by atoms with Gasteiger partial charge in [0.1, 0.15) is 11.3 Å². The van der Waals surface area contributed by atoms with E-state index in [1.165, 1.54) is 7.11 Å². The summed E-state index contributed by atoms with van der Waals surface area (Å²) in [5.41, 5.74) is 9.06. The van der Waals surface area contributed by atoms with Crippen molar-refractivity contribution in [2.24, 2.45) is 5.73 Å². The summed E-state index contributed by atoms with van der Waals surface area (Å²) in [6, 6.07) is 15.6. The van der Waals surface area contributed by atoms with Crippen LogP contribution in [0.25, 0.3) is 17.0 Å². The number of carbonyl (C=O) groups is 1. The zero-order chi connectivity index (χ0) is 21.1. The van der Waals surface area contributed by atoms with Gasteiger partial charge in [-0.2, -0.15) is 9.97 Å². The van der Waals surface area contributed by atoms with E-state index in [1.807, 2.05) is 24.3 Å². The van der Waals surface area contributed by atoms with Gasteiger partial charge in [0.25, 0.3) is 5.91 Å². The van der Waals surface area contributed by atoms with Crippen molar-refractivity contribution in [3.63, 3.8) is 0 Å². The van der Waals surface area contributed by atoms with Gasteiger partial charge in [-0.25, -0.2) is 9.55 Å². The number of nitrogens with one attached hydrogen (secondary N) is 1. The van der Waals surface area contributed by atoms with E-state index >= 15 is 0 Å². The van der Waals surface area contributed by atoms with Crippen LogP contribution in [0.5, 0.6) is 6.01 Å². The van der Waals surface area contributed by atoms with Gasteiger partial charge in [-0.3, -0.25) is 4.79 Å². The minimum atomic E-state index is -0.555. The highest BCUT2D eigenvalue weighted by Gasteiger charge is 2.20. The highest BCUT2D eigenvalue weighted by atomic mass is 16.5. The fourth-order valence-electron chi connectivity index (χ4n) is 3.31. The van der Waals surface area contributed by atoms with Crippen molar-refractivity contribution in [3.8, 4) is 12.0 Å². The van der Waals surface area contributed by atoms with E-state index in [0.717, 1.165) is 23.4 Å². The lowest BCUT2D eigenvalue weighted by Crippen LogP contribution is -2.11. The number of benzene rings is 2. The molecule has 8 nitrogen and oxygen atoms in total. The maximum atomic E-state index is 11.8. The average molecular weight is 402 g/mol. The molecule has 2 heterocycles. The number of fused-ring (bicyclic) bond motifs is 1. The number of para-hydroxylation sites is 1. The second kappa shape index (κ2) is 8.20. The van der Waals surface area contributed by atoms with Crippen LogP contribution in [0.3, 0.4) is 0 Å². The molecule has 152 valence electrons. The van der Waals surface area contributed by atoms with E-state index in [2.05, 4.69) is 34.3 Å². The Labute approximate surface area is 173 Å². The molecule has 0 spiro atoms. The summed E-state index contributed by atoms with van der Waals surface area (Å²) >= 11 is 0. The number of amides is 1. The zero-order valence-electron chi connectivity index (χ0n) is 16.8. The van der Waals surface area contributed by atoms with Crippen LogP contribution in [-0.4, -0.2) is 32.5 Å². The number of methoxy groups -OCH3 is 1. The Morgan fingerprint density at radius 3 is 2.63 bits per heavy atom. The van der Waals surface area contributed by atoms with Gasteiger partial charge in [0.2, 0.25) is 5.95 Å². The summed E-state index contributed by atoms with van der Waals surface area (Å²) in [4.78, 5) is 25.5. The van der Waals surface area contributed by atoms with Crippen LogP contribution in [0.1, 0.15) is 28.4 Å². The zero-order valence-corrected chi connectivity index (χ0v) is 16.8. The second-order valence-corrected chi connectivity index (χ2v) is 6.71. The summed E-state index contributed by atoms with van der Waals surface area (Å²) in [5, 5.41) is 3.40. The number of hydrogen-bond acceptors (Lipinski definition) is 6. The van der Waals surface area contributed by atoms with Gasteiger partial charge in [0.15, 0.2) is 0 Å². The number of aryl methyl sites for hydroxylation is 1. The fraction of sp³-hybridized carbons (Fsp3) is 0.182. The summed E-state index contributed by atoms with van der Waals surface area (Å²) < 4.78 is 7.12. The molecule has 0 saturated heterocycles. The SMILES string of the molecule is CCc1cnc(-n2c(OC)nc3c(C(N)=O)cccc32)nc1NCc1ccccc1. The topological polar surface area (TPSA) is 108 Å². The normalized spacial score (nSPS) is 10.9. The molecule has 3 N–H and O–H groups in total. The monoisotopic (exact) mass is 402 g/mol. The third-order valence-electron chi connectivity index (χ3n) is 4.84. The lowest BCUT2D eigenvalue weighted by atomic mass is 10.2. The molecule has 0 saturated carbocycles. The van der Waals surface area contributed by atoms with Gasteiger partial charge < -0.3 is 15.8 Å². The molecule has 0 fully saturated rings. The first kappa shape index (κ1) is 19.4. The Bertz CT molecular complexity index is 1200. The van der Waals surface area contributed by atoms with E-state index in [4.69, 9.17) is 15.5 Å². The Hall–Kier alpha value is -3.94. The first-order valence-corrected chi connectivity index (χ1v) is 9.61. The first-order chi connectivity index (χ1) is 14.6. The summed E-state index contributed by atoms with van der Waals surface area (Å²) in [7, 11) is 1.51. The fourth-order valence-corrected chi connectivity index (χ4v) is 3.31. The van der Waals surface area contributed by atoms with Crippen LogP contribution in [0.15, 0.2) is 54.7 Å². The second-order valence-electron chi connectivity index (χ2n) is 6.71. The number of hydrogen-bond donors (Lipinski definition) is 2. The predicted molar refractivity (Wildman–Crippen MR) is 115 cm³/mol. The highest BCUT2D eigenvalue weighted by Crippen LogP contribution is 2.27. The standard InChI is InChI=1S/C22H22N6O2/c1-3-15-13-25-21(27-20(15)24-12-14-8-5-4-6-9-14)28-17-11-7-10-16(19(23)29)18(17)26-22(28)30-2/h4-11,13H,3,12H2,1-2H3,(H2,23,29)(H,24,25,27). The third-order valence-corrected chi connectivity index (χ3v) is 4.84. The van der Waals surface area contributed by atoms with Gasteiger partial charge in [0.05, 0.1) is 18.2 Å². The molecule has 4 aromatic rings. The van der Waals surface area contributed by atoms with Crippen molar-refractivity contribution in [2.45, 2.75) is 19.9 Å². The minimum absolute atomic E-state index is 0.275. The number of nitrogens with two attached hydrogens (primary N) is 1. The Morgan fingerprint density at radius 1 is 1.13 bits per heavy atom. The number of primary amides is 1. The minimum Gasteiger partial charge on any atom is -0.468 e. The molecule has 0 aliphatic carbocycles. The molecular weight excluding hydrogens is 380 g/mol. The number of aromatic nitrogens is 4. The van der Waals surface area contributed by atoms with E-state index in [0.29, 0.717) is 29.1 Å². The van der Waals surface area contributed by atoms with Crippen LogP contribution in [-0.2, 0) is 13.0 Å². The van der Waals surface area contributed by atoms with Crippen LogP contribution in [0, 0.1) is 0 Å². The van der Waals surface area contributed by atoms with Crippen LogP contribution < -0.4 is 15.8 Å². The quantitative estimate of drug-likeness (QED) is 0.492. The van der Waals surface area contributed by atoms with Crippen LogP contribution in [0.2, 0.25) is 0 Å². The predicted octanol–water partition coefficient (Wildman–Crippen LogP) is 3.10. The van der Waals surface area contributed by atoms with Crippen LogP contribution >= 0.6 is 0 Å². The van der Waals surface area contributed by atoms with Crippen molar-refractivity contribution in [3.05, 3.63) is 71.4 Å². The Morgan fingerprint density at radius 2 is 1.93 bits per heavy atom. The van der Waals surface area contributed by atoms with Crippen LogP contribution in [0.4, 0.5) is 5.82 Å².